The Bertz CT molecular complexity index is 778. The van der Waals surface area contributed by atoms with Crippen molar-refractivity contribution in [2.75, 3.05) is 5.32 Å². The van der Waals surface area contributed by atoms with Crippen LogP contribution in [0.4, 0.5) is 32.0 Å². The van der Waals surface area contributed by atoms with Gasteiger partial charge in [-0.1, -0.05) is 12.1 Å². The maximum absolute atomic E-state index is 12.9. The number of hydrogen-bond donors (Lipinski definition) is 1. The SMILES string of the molecule is Cc1cc(C(F)(F)F)nn1C(C)C(=O)Nc1ccccc1C(F)(F)F. The number of nitrogens with one attached hydrogen (secondary N) is 1. The second kappa shape index (κ2) is 6.41. The normalized spacial score (nSPS) is 13.6. The van der Waals surface area contributed by atoms with Gasteiger partial charge >= 0.3 is 12.4 Å². The summed E-state index contributed by atoms with van der Waals surface area (Å²) in [5.74, 6) is -0.920. The average Bonchev–Trinajstić information content (AvgIpc) is 2.88. The number of alkyl halides is 6. The number of rotatable bonds is 3. The van der Waals surface area contributed by atoms with Gasteiger partial charge in [-0.2, -0.15) is 31.4 Å². The number of aromatic nitrogens is 2. The molecule has 1 atom stereocenters. The summed E-state index contributed by atoms with van der Waals surface area (Å²) < 4.78 is 77.6. The summed E-state index contributed by atoms with van der Waals surface area (Å²) in [6, 6.07) is 3.84. The Kier molecular flexibility index (Phi) is 4.83. The maximum atomic E-state index is 12.9. The number of nitrogens with zero attached hydrogens (tertiary/aromatic N) is 2. The van der Waals surface area contributed by atoms with Gasteiger partial charge in [0.05, 0.1) is 11.3 Å². The zero-order valence-corrected chi connectivity index (χ0v) is 13.0. The fraction of sp³-hybridized carbons (Fsp3) is 0.333. The van der Waals surface area contributed by atoms with Crippen LogP contribution in [0.2, 0.25) is 0 Å². The van der Waals surface area contributed by atoms with Crippen molar-refractivity contribution < 1.29 is 31.1 Å². The Balaban J connectivity index is 2.27. The van der Waals surface area contributed by atoms with Gasteiger partial charge < -0.3 is 5.32 Å². The van der Waals surface area contributed by atoms with Crippen molar-refractivity contribution in [3.05, 3.63) is 47.3 Å². The van der Waals surface area contributed by atoms with E-state index in [4.69, 9.17) is 0 Å². The van der Waals surface area contributed by atoms with E-state index >= 15 is 0 Å². The van der Waals surface area contributed by atoms with Gasteiger partial charge in [0.2, 0.25) is 5.91 Å². The van der Waals surface area contributed by atoms with E-state index in [1.54, 1.807) is 0 Å². The molecular formula is C15H13F6N3O. The summed E-state index contributed by atoms with van der Waals surface area (Å²) in [7, 11) is 0. The Morgan fingerprint density at radius 2 is 1.72 bits per heavy atom. The second-order valence-corrected chi connectivity index (χ2v) is 5.32. The van der Waals surface area contributed by atoms with Gasteiger partial charge in [0, 0.05) is 5.69 Å². The average molecular weight is 365 g/mol. The Labute approximate surface area is 138 Å². The fourth-order valence-corrected chi connectivity index (χ4v) is 2.21. The first-order chi connectivity index (χ1) is 11.4. The van der Waals surface area contributed by atoms with Crippen LogP contribution in [-0.2, 0) is 17.1 Å². The molecule has 25 heavy (non-hydrogen) atoms. The van der Waals surface area contributed by atoms with Crippen LogP contribution in [0, 0.1) is 6.92 Å². The molecule has 1 unspecified atom stereocenters. The lowest BCUT2D eigenvalue weighted by Gasteiger charge is -2.17. The molecule has 2 aromatic rings. The van der Waals surface area contributed by atoms with Gasteiger partial charge in [0.25, 0.3) is 0 Å². The third kappa shape index (κ3) is 4.12. The first-order valence-corrected chi connectivity index (χ1v) is 7.01. The zero-order chi connectivity index (χ0) is 19.0. The van der Waals surface area contributed by atoms with Crippen molar-refractivity contribution in [3.8, 4) is 0 Å². The van der Waals surface area contributed by atoms with Crippen molar-refractivity contribution in [2.45, 2.75) is 32.2 Å². The molecule has 1 N–H and O–H groups in total. The van der Waals surface area contributed by atoms with E-state index in [9.17, 15) is 31.1 Å². The standard InChI is InChI=1S/C15H13F6N3O/c1-8-7-12(15(19,20)21)23-24(8)9(2)13(25)22-11-6-4-3-5-10(11)14(16,17)18/h3-7,9H,1-2H3,(H,22,25). The van der Waals surface area contributed by atoms with E-state index < -0.39 is 41.2 Å². The molecule has 2 rings (SSSR count). The highest BCUT2D eigenvalue weighted by Crippen LogP contribution is 2.35. The molecule has 0 bridgehead atoms. The second-order valence-electron chi connectivity index (χ2n) is 5.32. The van der Waals surface area contributed by atoms with E-state index in [1.165, 1.54) is 19.9 Å². The number of carbonyl (C=O) groups is 1. The lowest BCUT2D eigenvalue weighted by atomic mass is 10.1. The van der Waals surface area contributed by atoms with Crippen LogP contribution in [0.15, 0.2) is 30.3 Å². The molecule has 0 aliphatic heterocycles. The predicted octanol–water partition coefficient (Wildman–Crippen LogP) is 4.43. The Morgan fingerprint density at radius 3 is 2.24 bits per heavy atom. The van der Waals surface area contributed by atoms with Crippen LogP contribution in [0.3, 0.4) is 0 Å². The van der Waals surface area contributed by atoms with E-state index in [2.05, 4.69) is 10.4 Å². The first kappa shape index (κ1) is 18.8. The molecule has 1 amide bonds. The number of anilines is 1. The highest BCUT2D eigenvalue weighted by atomic mass is 19.4. The molecule has 0 aliphatic carbocycles. The molecule has 0 aliphatic rings. The molecule has 4 nitrogen and oxygen atoms in total. The minimum atomic E-state index is -4.69. The van der Waals surface area contributed by atoms with Crippen LogP contribution in [0.5, 0.6) is 0 Å². The van der Waals surface area contributed by atoms with E-state index in [1.807, 2.05) is 0 Å². The molecule has 0 spiro atoms. The minimum Gasteiger partial charge on any atom is -0.324 e. The number of para-hydroxylation sites is 1. The molecule has 136 valence electrons. The number of benzene rings is 1. The van der Waals surface area contributed by atoms with Gasteiger partial charge in [-0.25, -0.2) is 0 Å². The molecule has 0 saturated carbocycles. The third-order valence-electron chi connectivity index (χ3n) is 3.45. The summed E-state index contributed by atoms with van der Waals surface area (Å²) in [6.07, 6.45) is -9.37. The molecule has 1 aromatic heterocycles. The van der Waals surface area contributed by atoms with Crippen LogP contribution in [-0.4, -0.2) is 15.7 Å². The van der Waals surface area contributed by atoms with Crippen molar-refractivity contribution in [1.29, 1.82) is 0 Å². The molecule has 1 heterocycles. The fourth-order valence-electron chi connectivity index (χ4n) is 2.21. The lowest BCUT2D eigenvalue weighted by molar-refractivity contribution is -0.142. The number of aryl methyl sites for hydroxylation is 1. The van der Waals surface area contributed by atoms with Crippen LogP contribution >= 0.6 is 0 Å². The molecule has 1 aromatic carbocycles. The van der Waals surface area contributed by atoms with E-state index in [-0.39, 0.29) is 5.69 Å². The Morgan fingerprint density at radius 1 is 1.12 bits per heavy atom. The first-order valence-electron chi connectivity index (χ1n) is 7.01. The summed E-state index contributed by atoms with van der Waals surface area (Å²) >= 11 is 0. The zero-order valence-electron chi connectivity index (χ0n) is 13.0. The molecule has 0 fully saturated rings. The maximum Gasteiger partial charge on any atom is 0.435 e. The summed E-state index contributed by atoms with van der Waals surface area (Å²) in [5.41, 5.74) is -2.66. The highest BCUT2D eigenvalue weighted by Gasteiger charge is 2.36. The highest BCUT2D eigenvalue weighted by molar-refractivity contribution is 5.94. The number of amides is 1. The summed E-state index contributed by atoms with van der Waals surface area (Å²) in [6.45, 7) is 2.56. The number of hydrogen-bond acceptors (Lipinski definition) is 2. The minimum absolute atomic E-state index is 0.0547. The van der Waals surface area contributed by atoms with E-state index in [0.717, 1.165) is 28.9 Å². The molecule has 0 saturated heterocycles. The monoisotopic (exact) mass is 365 g/mol. The van der Waals surface area contributed by atoms with Gasteiger partial charge in [0.1, 0.15) is 6.04 Å². The third-order valence-corrected chi connectivity index (χ3v) is 3.45. The van der Waals surface area contributed by atoms with Crippen LogP contribution in [0.1, 0.15) is 29.9 Å². The largest absolute Gasteiger partial charge is 0.435 e. The molecular weight excluding hydrogens is 352 g/mol. The number of carbonyl (C=O) groups excluding carboxylic acids is 1. The van der Waals surface area contributed by atoms with Gasteiger partial charge in [-0.15, -0.1) is 0 Å². The Hall–Kier alpha value is -2.52. The summed E-state index contributed by atoms with van der Waals surface area (Å²) in [5, 5.41) is 5.41. The predicted molar refractivity (Wildman–Crippen MR) is 76.8 cm³/mol. The van der Waals surface area contributed by atoms with Crippen LogP contribution in [0.25, 0.3) is 0 Å². The quantitative estimate of drug-likeness (QED) is 0.818. The van der Waals surface area contributed by atoms with Crippen molar-refractivity contribution in [2.24, 2.45) is 0 Å². The number of halogens is 6. The van der Waals surface area contributed by atoms with E-state index in [0.29, 0.717) is 0 Å². The van der Waals surface area contributed by atoms with Crippen molar-refractivity contribution in [3.63, 3.8) is 0 Å². The lowest BCUT2D eigenvalue weighted by Crippen LogP contribution is -2.26. The van der Waals surface area contributed by atoms with Crippen LogP contribution < -0.4 is 5.32 Å². The summed E-state index contributed by atoms with van der Waals surface area (Å²) in [4.78, 5) is 12.2. The smallest absolute Gasteiger partial charge is 0.324 e. The van der Waals surface area contributed by atoms with Crippen molar-refractivity contribution in [1.82, 2.24) is 9.78 Å². The molecule has 0 radical (unpaired) electrons. The topological polar surface area (TPSA) is 46.9 Å². The van der Waals surface area contributed by atoms with Gasteiger partial charge in [-0.05, 0) is 32.0 Å². The van der Waals surface area contributed by atoms with Gasteiger partial charge in [0.15, 0.2) is 5.69 Å². The van der Waals surface area contributed by atoms with Gasteiger partial charge in [-0.3, -0.25) is 9.48 Å². The van der Waals surface area contributed by atoms with Crippen molar-refractivity contribution >= 4 is 11.6 Å². The molecule has 10 heteroatoms.